The fraction of sp³-hybridized carbons (Fsp3) is 0.133. The van der Waals surface area contributed by atoms with Crippen LogP contribution in [0.3, 0.4) is 0 Å². The minimum atomic E-state index is -0.807. The van der Waals surface area contributed by atoms with Gasteiger partial charge >= 0.3 is 5.97 Å². The van der Waals surface area contributed by atoms with Gasteiger partial charge in [0.2, 0.25) is 6.29 Å². The molecule has 0 bridgehead atoms. The Morgan fingerprint density at radius 1 is 1.10 bits per heavy atom. The fourth-order valence-electron chi connectivity index (χ4n) is 1.62. The molecule has 5 nitrogen and oxygen atoms in total. The number of esters is 1. The molecule has 2 rings (SSSR count). The Labute approximate surface area is 116 Å². The summed E-state index contributed by atoms with van der Waals surface area (Å²) in [4.78, 5) is 11.8. The summed E-state index contributed by atoms with van der Waals surface area (Å²) in [5.74, 6) is -0.636. The molecule has 0 fully saturated rings. The van der Waals surface area contributed by atoms with Crippen molar-refractivity contribution in [2.75, 3.05) is 0 Å². The number of carbonyl (C=O) groups excluding carboxylic acids is 1. The third-order valence-electron chi connectivity index (χ3n) is 2.52. The third-order valence-corrected chi connectivity index (χ3v) is 2.52. The first-order valence-electron chi connectivity index (χ1n) is 6.01. The number of benzene rings is 2. The maximum absolute atomic E-state index is 11.8. The van der Waals surface area contributed by atoms with Crippen LogP contribution in [0.4, 0.5) is 0 Å². The summed E-state index contributed by atoms with van der Waals surface area (Å²) in [5, 5.41) is 18.7. The van der Waals surface area contributed by atoms with Crippen LogP contribution in [0.15, 0.2) is 48.5 Å². The standard InChI is InChI=1S/C15H14O5/c1-10(19-12-5-3-2-4-6-12)20-15(18)13-8-7-11(16)9-14(13)17/h2-10,16-17H,1H3. The zero-order valence-corrected chi connectivity index (χ0v) is 10.8. The third kappa shape index (κ3) is 3.41. The molecule has 0 spiro atoms. The van der Waals surface area contributed by atoms with Crippen molar-refractivity contribution in [2.45, 2.75) is 13.2 Å². The van der Waals surface area contributed by atoms with Gasteiger partial charge in [-0.15, -0.1) is 0 Å². The summed E-state index contributed by atoms with van der Waals surface area (Å²) in [7, 11) is 0. The van der Waals surface area contributed by atoms with Gasteiger partial charge < -0.3 is 19.7 Å². The molecule has 1 unspecified atom stereocenters. The Kier molecular flexibility index (Phi) is 4.10. The highest BCUT2D eigenvalue weighted by Crippen LogP contribution is 2.23. The maximum Gasteiger partial charge on any atom is 0.344 e. The van der Waals surface area contributed by atoms with Gasteiger partial charge in [-0.1, -0.05) is 18.2 Å². The minimum absolute atomic E-state index is 0.0358. The Hall–Kier alpha value is -2.69. The van der Waals surface area contributed by atoms with Gasteiger partial charge in [0.1, 0.15) is 22.8 Å². The van der Waals surface area contributed by atoms with E-state index < -0.39 is 12.3 Å². The molecule has 5 heteroatoms. The van der Waals surface area contributed by atoms with E-state index in [1.165, 1.54) is 12.1 Å². The second-order valence-electron chi connectivity index (χ2n) is 4.11. The molecule has 0 aliphatic heterocycles. The first-order valence-corrected chi connectivity index (χ1v) is 6.01. The summed E-state index contributed by atoms with van der Waals surface area (Å²) < 4.78 is 10.5. The lowest BCUT2D eigenvalue weighted by Gasteiger charge is -2.15. The largest absolute Gasteiger partial charge is 0.508 e. The van der Waals surface area contributed by atoms with Crippen molar-refractivity contribution in [3.8, 4) is 17.2 Å². The SMILES string of the molecule is CC(OC(=O)c1ccc(O)cc1O)Oc1ccccc1. The molecule has 1 atom stereocenters. The van der Waals surface area contributed by atoms with Crippen LogP contribution >= 0.6 is 0 Å². The lowest BCUT2D eigenvalue weighted by Crippen LogP contribution is -2.21. The first-order chi connectivity index (χ1) is 9.56. The zero-order valence-electron chi connectivity index (χ0n) is 10.8. The van der Waals surface area contributed by atoms with Crippen LogP contribution in [0.25, 0.3) is 0 Å². The Morgan fingerprint density at radius 2 is 1.80 bits per heavy atom. The van der Waals surface area contributed by atoms with Gasteiger partial charge in [0, 0.05) is 13.0 Å². The molecule has 0 aromatic heterocycles. The summed E-state index contributed by atoms with van der Waals surface area (Å²) >= 11 is 0. The van der Waals surface area contributed by atoms with Crippen molar-refractivity contribution in [1.29, 1.82) is 0 Å². The van der Waals surface area contributed by atoms with Gasteiger partial charge in [-0.05, 0) is 24.3 Å². The van der Waals surface area contributed by atoms with Crippen LogP contribution in [0, 0.1) is 0 Å². The number of aromatic hydroxyl groups is 2. The molecular weight excluding hydrogens is 260 g/mol. The van der Waals surface area contributed by atoms with Crippen molar-refractivity contribution in [1.82, 2.24) is 0 Å². The molecule has 104 valence electrons. The number of hydrogen-bond acceptors (Lipinski definition) is 5. The smallest absolute Gasteiger partial charge is 0.344 e. The van der Waals surface area contributed by atoms with E-state index in [-0.39, 0.29) is 17.1 Å². The molecule has 0 radical (unpaired) electrons. The van der Waals surface area contributed by atoms with E-state index in [1.54, 1.807) is 31.2 Å². The van der Waals surface area contributed by atoms with Crippen LogP contribution in [0.1, 0.15) is 17.3 Å². The Bertz CT molecular complexity index is 594. The van der Waals surface area contributed by atoms with Crippen LogP contribution < -0.4 is 4.74 Å². The normalized spacial score (nSPS) is 11.7. The second-order valence-corrected chi connectivity index (χ2v) is 4.11. The van der Waals surface area contributed by atoms with E-state index in [0.29, 0.717) is 5.75 Å². The molecule has 2 N–H and O–H groups in total. The maximum atomic E-state index is 11.8. The molecule has 0 aliphatic rings. The molecule has 2 aromatic carbocycles. The Morgan fingerprint density at radius 3 is 2.45 bits per heavy atom. The number of phenols is 2. The lowest BCUT2D eigenvalue weighted by atomic mass is 10.2. The Balaban J connectivity index is 2.00. The van der Waals surface area contributed by atoms with Gasteiger partial charge in [0.15, 0.2) is 0 Å². The molecule has 0 saturated heterocycles. The lowest BCUT2D eigenvalue weighted by molar-refractivity contribution is -0.0373. The summed E-state index contributed by atoms with van der Waals surface area (Å²) in [6, 6.07) is 12.6. The van der Waals surface area contributed by atoms with Crippen molar-refractivity contribution in [3.63, 3.8) is 0 Å². The van der Waals surface area contributed by atoms with Crippen LogP contribution in [-0.2, 0) is 4.74 Å². The monoisotopic (exact) mass is 274 g/mol. The number of rotatable bonds is 4. The molecule has 2 aromatic rings. The topological polar surface area (TPSA) is 76.0 Å². The number of ether oxygens (including phenoxy) is 2. The summed E-state index contributed by atoms with van der Waals surface area (Å²) in [6.45, 7) is 1.57. The zero-order chi connectivity index (χ0) is 14.5. The second kappa shape index (κ2) is 5.97. The van der Waals surface area contributed by atoms with Gasteiger partial charge in [-0.3, -0.25) is 0 Å². The average molecular weight is 274 g/mol. The number of hydrogen-bond donors (Lipinski definition) is 2. The van der Waals surface area contributed by atoms with Crippen LogP contribution in [0.5, 0.6) is 17.2 Å². The molecule has 20 heavy (non-hydrogen) atoms. The van der Waals surface area contributed by atoms with E-state index in [0.717, 1.165) is 6.07 Å². The quantitative estimate of drug-likeness (QED) is 0.662. The molecular formula is C15H14O5. The molecule has 0 heterocycles. The predicted octanol–water partition coefficient (Wildman–Crippen LogP) is 2.68. The van der Waals surface area contributed by atoms with Gasteiger partial charge in [-0.2, -0.15) is 0 Å². The number of phenolic OH excluding ortho intramolecular Hbond substituents is 2. The molecule has 0 saturated carbocycles. The van der Waals surface area contributed by atoms with Gasteiger partial charge in [0.25, 0.3) is 0 Å². The number of para-hydroxylation sites is 1. The van der Waals surface area contributed by atoms with E-state index in [4.69, 9.17) is 14.6 Å². The van der Waals surface area contributed by atoms with Crippen molar-refractivity contribution >= 4 is 5.97 Å². The highest BCUT2D eigenvalue weighted by atomic mass is 16.7. The highest BCUT2D eigenvalue weighted by molar-refractivity contribution is 5.92. The summed E-state index contributed by atoms with van der Waals surface area (Å²) in [5.41, 5.74) is -0.0358. The predicted molar refractivity (Wildman–Crippen MR) is 71.7 cm³/mol. The molecule has 0 aliphatic carbocycles. The average Bonchev–Trinajstić information content (AvgIpc) is 2.39. The minimum Gasteiger partial charge on any atom is -0.508 e. The summed E-state index contributed by atoms with van der Waals surface area (Å²) in [6.07, 6.45) is -0.807. The van der Waals surface area contributed by atoms with E-state index in [9.17, 15) is 9.90 Å². The fourth-order valence-corrected chi connectivity index (χ4v) is 1.62. The van der Waals surface area contributed by atoms with Crippen molar-refractivity contribution in [2.24, 2.45) is 0 Å². The van der Waals surface area contributed by atoms with Crippen LogP contribution in [0.2, 0.25) is 0 Å². The van der Waals surface area contributed by atoms with E-state index >= 15 is 0 Å². The number of carbonyl (C=O) groups is 1. The van der Waals surface area contributed by atoms with Crippen molar-refractivity contribution < 1.29 is 24.5 Å². The van der Waals surface area contributed by atoms with Gasteiger partial charge in [-0.25, -0.2) is 4.79 Å². The van der Waals surface area contributed by atoms with Gasteiger partial charge in [0.05, 0.1) is 0 Å². The van der Waals surface area contributed by atoms with E-state index in [2.05, 4.69) is 0 Å². The van der Waals surface area contributed by atoms with E-state index in [1.807, 2.05) is 6.07 Å². The molecule has 0 amide bonds. The highest BCUT2D eigenvalue weighted by Gasteiger charge is 2.17. The van der Waals surface area contributed by atoms with Crippen molar-refractivity contribution in [3.05, 3.63) is 54.1 Å². The van der Waals surface area contributed by atoms with Crippen LogP contribution in [-0.4, -0.2) is 22.5 Å². The first kappa shape index (κ1) is 13.7.